The summed E-state index contributed by atoms with van der Waals surface area (Å²) >= 11 is 5.22. The number of fused-ring (bicyclic) bond motifs is 1. The molecule has 1 aromatic carbocycles. The van der Waals surface area contributed by atoms with Gasteiger partial charge in [-0.25, -0.2) is 0 Å². The van der Waals surface area contributed by atoms with Crippen LogP contribution in [0.25, 0.3) is 0 Å². The van der Waals surface area contributed by atoms with E-state index in [9.17, 15) is 4.79 Å². The van der Waals surface area contributed by atoms with Gasteiger partial charge < -0.3 is 14.6 Å². The number of allylic oxidation sites excluding steroid dienone is 4. The highest BCUT2D eigenvalue weighted by Gasteiger charge is 2.33. The van der Waals surface area contributed by atoms with E-state index in [-0.39, 0.29) is 16.9 Å². The van der Waals surface area contributed by atoms with Crippen LogP contribution in [0, 0.1) is 18.8 Å². The van der Waals surface area contributed by atoms with Gasteiger partial charge in [0, 0.05) is 17.8 Å². The zero-order chi connectivity index (χ0) is 19.5. The Kier molecular flexibility index (Phi) is 5.25. The highest BCUT2D eigenvalue weighted by Crippen LogP contribution is 2.38. The van der Waals surface area contributed by atoms with Gasteiger partial charge in [0.05, 0.1) is 6.10 Å². The predicted octanol–water partition coefficient (Wildman–Crippen LogP) is 4.01. The molecule has 2 atom stereocenters. The lowest BCUT2D eigenvalue weighted by molar-refractivity contribution is 0.0969. The number of benzene rings is 1. The van der Waals surface area contributed by atoms with E-state index in [0.717, 1.165) is 24.3 Å². The summed E-state index contributed by atoms with van der Waals surface area (Å²) < 4.78 is 11.1. The number of ether oxygens (including phenoxy) is 1. The SMILES string of the molecule is Cc1cc(C(=O)NC(=S)Nc2cccc(OC3CC4C=CC=CC4C3)c2)no1. The van der Waals surface area contributed by atoms with E-state index in [1.54, 1.807) is 13.0 Å². The van der Waals surface area contributed by atoms with Crippen LogP contribution in [-0.4, -0.2) is 22.3 Å². The lowest BCUT2D eigenvalue weighted by atomic mass is 9.92. The number of carbonyl (C=O) groups is 1. The standard InChI is InChI=1S/C21H21N3O3S/c1-13-9-19(24-27-13)20(25)23-21(28)22-16-7-4-8-17(12-16)26-18-10-14-5-2-3-6-15(14)11-18/h2-9,12,14-15,18H,10-11H2,1H3,(H2,22,23,25,28). The number of carbonyl (C=O) groups excluding carboxylic acids is 1. The number of hydrogen-bond acceptors (Lipinski definition) is 5. The van der Waals surface area contributed by atoms with Gasteiger partial charge in [0.2, 0.25) is 0 Å². The minimum Gasteiger partial charge on any atom is -0.490 e. The molecule has 1 aromatic heterocycles. The molecule has 6 nitrogen and oxygen atoms in total. The molecule has 0 radical (unpaired) electrons. The van der Waals surface area contributed by atoms with Crippen LogP contribution in [0.15, 0.2) is 59.2 Å². The molecule has 2 aromatic rings. The first kappa shape index (κ1) is 18.4. The summed E-state index contributed by atoms with van der Waals surface area (Å²) in [5, 5.41) is 9.45. The molecule has 0 spiro atoms. The van der Waals surface area contributed by atoms with Crippen LogP contribution in [0.1, 0.15) is 29.1 Å². The van der Waals surface area contributed by atoms with Crippen molar-refractivity contribution in [2.75, 3.05) is 5.32 Å². The molecule has 1 saturated carbocycles. The van der Waals surface area contributed by atoms with E-state index in [0.29, 0.717) is 17.6 Å². The molecule has 0 saturated heterocycles. The van der Waals surface area contributed by atoms with Crippen molar-refractivity contribution in [3.8, 4) is 5.75 Å². The van der Waals surface area contributed by atoms with Gasteiger partial charge in [-0.2, -0.15) is 0 Å². The zero-order valence-electron chi connectivity index (χ0n) is 15.4. The molecule has 1 amide bonds. The number of rotatable bonds is 4. The van der Waals surface area contributed by atoms with E-state index in [1.807, 2.05) is 24.3 Å². The largest absolute Gasteiger partial charge is 0.490 e. The van der Waals surface area contributed by atoms with Crippen LogP contribution in [0.2, 0.25) is 0 Å². The Balaban J connectivity index is 1.33. The Labute approximate surface area is 168 Å². The van der Waals surface area contributed by atoms with Crippen LogP contribution >= 0.6 is 12.2 Å². The molecule has 28 heavy (non-hydrogen) atoms. The van der Waals surface area contributed by atoms with Gasteiger partial charge in [0.1, 0.15) is 11.5 Å². The fourth-order valence-electron chi connectivity index (χ4n) is 3.65. The van der Waals surface area contributed by atoms with Crippen LogP contribution in [0.5, 0.6) is 5.75 Å². The quantitative estimate of drug-likeness (QED) is 0.762. The minimum atomic E-state index is -0.420. The Morgan fingerprint density at radius 1 is 1.21 bits per heavy atom. The topological polar surface area (TPSA) is 76.4 Å². The lowest BCUT2D eigenvalue weighted by Crippen LogP contribution is -2.34. The molecule has 2 aliphatic rings. The molecule has 2 unspecified atom stereocenters. The molecule has 0 aliphatic heterocycles. The summed E-state index contributed by atoms with van der Waals surface area (Å²) in [6.07, 6.45) is 11.0. The van der Waals surface area contributed by atoms with Gasteiger partial charge in [-0.15, -0.1) is 0 Å². The number of amides is 1. The Morgan fingerprint density at radius 2 is 1.96 bits per heavy atom. The first-order chi connectivity index (χ1) is 13.6. The van der Waals surface area contributed by atoms with Crippen LogP contribution in [0.3, 0.4) is 0 Å². The second kappa shape index (κ2) is 7.98. The van der Waals surface area contributed by atoms with Crippen molar-refractivity contribution in [1.29, 1.82) is 0 Å². The minimum absolute atomic E-state index is 0.185. The second-order valence-electron chi connectivity index (χ2n) is 7.07. The van der Waals surface area contributed by atoms with E-state index in [4.69, 9.17) is 21.5 Å². The van der Waals surface area contributed by atoms with Crippen molar-refractivity contribution in [3.05, 3.63) is 66.1 Å². The maximum atomic E-state index is 12.1. The molecular weight excluding hydrogens is 374 g/mol. The number of nitrogens with one attached hydrogen (secondary N) is 2. The van der Waals surface area contributed by atoms with Crippen molar-refractivity contribution >= 4 is 28.9 Å². The summed E-state index contributed by atoms with van der Waals surface area (Å²) in [6, 6.07) is 9.12. The molecule has 2 N–H and O–H groups in total. The van der Waals surface area contributed by atoms with Crippen molar-refractivity contribution in [2.24, 2.45) is 11.8 Å². The van der Waals surface area contributed by atoms with Crippen molar-refractivity contribution < 1.29 is 14.1 Å². The van der Waals surface area contributed by atoms with Gasteiger partial charge in [-0.1, -0.05) is 35.5 Å². The van der Waals surface area contributed by atoms with Crippen LogP contribution in [0.4, 0.5) is 5.69 Å². The monoisotopic (exact) mass is 395 g/mol. The number of aryl methyl sites for hydroxylation is 1. The van der Waals surface area contributed by atoms with E-state index in [1.165, 1.54) is 0 Å². The number of hydrogen-bond donors (Lipinski definition) is 2. The molecule has 2 aliphatic carbocycles. The summed E-state index contributed by atoms with van der Waals surface area (Å²) in [5.74, 6) is 2.06. The second-order valence-corrected chi connectivity index (χ2v) is 7.48. The smallest absolute Gasteiger partial charge is 0.279 e. The molecule has 4 rings (SSSR count). The van der Waals surface area contributed by atoms with E-state index < -0.39 is 5.91 Å². The third-order valence-corrected chi connectivity index (χ3v) is 5.13. The van der Waals surface area contributed by atoms with Gasteiger partial charge in [0.25, 0.3) is 5.91 Å². The summed E-state index contributed by atoms with van der Waals surface area (Å²) in [4.78, 5) is 12.1. The number of nitrogens with zero attached hydrogens (tertiary/aromatic N) is 1. The average molecular weight is 395 g/mol. The molecule has 1 heterocycles. The van der Waals surface area contributed by atoms with Gasteiger partial charge in [0.15, 0.2) is 10.8 Å². The predicted molar refractivity (Wildman–Crippen MR) is 110 cm³/mol. The van der Waals surface area contributed by atoms with Gasteiger partial charge in [-0.3, -0.25) is 10.1 Å². The van der Waals surface area contributed by atoms with Crippen molar-refractivity contribution in [1.82, 2.24) is 10.5 Å². The van der Waals surface area contributed by atoms with Crippen molar-refractivity contribution in [3.63, 3.8) is 0 Å². The first-order valence-corrected chi connectivity index (χ1v) is 9.65. The fourth-order valence-corrected chi connectivity index (χ4v) is 3.86. The third kappa shape index (κ3) is 4.31. The Morgan fingerprint density at radius 3 is 2.64 bits per heavy atom. The fraction of sp³-hybridized carbons (Fsp3) is 0.286. The van der Waals surface area contributed by atoms with Gasteiger partial charge in [-0.05, 0) is 56.0 Å². The van der Waals surface area contributed by atoms with E-state index in [2.05, 4.69) is 40.1 Å². The average Bonchev–Trinajstić information content (AvgIpc) is 3.27. The van der Waals surface area contributed by atoms with Crippen LogP contribution < -0.4 is 15.4 Å². The molecule has 144 valence electrons. The summed E-state index contributed by atoms with van der Waals surface area (Å²) in [7, 11) is 0. The number of anilines is 1. The van der Waals surface area contributed by atoms with Crippen molar-refractivity contribution in [2.45, 2.75) is 25.9 Å². The Bertz CT molecular complexity index is 930. The number of thiocarbonyl (C=S) groups is 1. The maximum Gasteiger partial charge on any atom is 0.279 e. The highest BCUT2D eigenvalue weighted by atomic mass is 32.1. The zero-order valence-corrected chi connectivity index (χ0v) is 16.2. The molecule has 1 fully saturated rings. The Hall–Kier alpha value is -2.93. The summed E-state index contributed by atoms with van der Waals surface area (Å²) in [5.41, 5.74) is 0.930. The summed E-state index contributed by atoms with van der Waals surface area (Å²) in [6.45, 7) is 1.72. The highest BCUT2D eigenvalue weighted by molar-refractivity contribution is 7.80. The molecule has 0 bridgehead atoms. The molecule has 7 heteroatoms. The first-order valence-electron chi connectivity index (χ1n) is 9.24. The normalized spacial score (nSPS) is 22.5. The lowest BCUT2D eigenvalue weighted by Gasteiger charge is -2.15. The van der Waals surface area contributed by atoms with Gasteiger partial charge >= 0.3 is 0 Å². The molecular formula is C21H21N3O3S. The van der Waals surface area contributed by atoms with Crippen LogP contribution in [-0.2, 0) is 0 Å². The van der Waals surface area contributed by atoms with E-state index >= 15 is 0 Å². The maximum absolute atomic E-state index is 12.1. The third-order valence-electron chi connectivity index (χ3n) is 4.93. The number of aromatic nitrogens is 1.